The molecule has 0 aliphatic rings. The summed E-state index contributed by atoms with van der Waals surface area (Å²) in [7, 11) is 1.98. The van der Waals surface area contributed by atoms with Crippen molar-refractivity contribution in [3.63, 3.8) is 0 Å². The molecule has 4 heteroatoms. The molecule has 0 aromatic carbocycles. The Morgan fingerprint density at radius 2 is 2.00 bits per heavy atom. The second-order valence-electron chi connectivity index (χ2n) is 6.02. The normalized spacial score (nSPS) is 14.4. The Hall–Kier alpha value is -0.540. The Labute approximate surface area is 110 Å². The largest absolute Gasteiger partial charge is 0.312 e. The molecule has 0 amide bonds. The zero-order chi connectivity index (χ0) is 13.2. The van der Waals surface area contributed by atoms with Crippen molar-refractivity contribution in [1.82, 2.24) is 15.1 Å². The van der Waals surface area contributed by atoms with Crippen molar-refractivity contribution >= 4 is 11.6 Å². The lowest BCUT2D eigenvalue weighted by Crippen LogP contribution is -2.26. The zero-order valence-corrected chi connectivity index (χ0v) is 12.5. The fourth-order valence-corrected chi connectivity index (χ4v) is 2.30. The summed E-state index contributed by atoms with van der Waals surface area (Å²) in [4.78, 5) is 0. The number of aromatic nitrogens is 2. The van der Waals surface area contributed by atoms with E-state index in [0.29, 0.717) is 6.04 Å². The maximum absolute atomic E-state index is 6.27. The van der Waals surface area contributed by atoms with Gasteiger partial charge in [-0.2, -0.15) is 5.10 Å². The molecular formula is C13H24ClN3. The Kier molecular flexibility index (Phi) is 4.62. The van der Waals surface area contributed by atoms with E-state index in [0.717, 1.165) is 17.1 Å². The summed E-state index contributed by atoms with van der Waals surface area (Å²) in [5.74, 6) is 0. The van der Waals surface area contributed by atoms with Gasteiger partial charge in [-0.15, -0.1) is 0 Å². The minimum Gasteiger partial charge on any atom is -0.312 e. The van der Waals surface area contributed by atoms with Gasteiger partial charge in [0.15, 0.2) is 0 Å². The van der Waals surface area contributed by atoms with Crippen LogP contribution in [0.25, 0.3) is 0 Å². The summed E-state index contributed by atoms with van der Waals surface area (Å²) in [6.45, 7) is 11.0. The third-order valence-electron chi connectivity index (χ3n) is 2.77. The highest BCUT2D eigenvalue weighted by Crippen LogP contribution is 2.33. The van der Waals surface area contributed by atoms with Crippen molar-refractivity contribution in [2.24, 2.45) is 5.41 Å². The first-order chi connectivity index (χ1) is 7.76. The highest BCUT2D eigenvalue weighted by Gasteiger charge is 2.25. The van der Waals surface area contributed by atoms with Gasteiger partial charge in [0.25, 0.3) is 0 Å². The molecule has 0 saturated carbocycles. The SMILES string of the molecule is CNC(CC(C)(C)C)c1c(Cl)cnn1C(C)C. The fraction of sp³-hybridized carbons (Fsp3) is 0.769. The number of hydrogen-bond acceptors (Lipinski definition) is 2. The van der Waals surface area contributed by atoms with E-state index in [1.54, 1.807) is 6.20 Å². The maximum Gasteiger partial charge on any atom is 0.0834 e. The molecule has 1 heterocycles. The molecule has 1 atom stereocenters. The van der Waals surface area contributed by atoms with Crippen molar-refractivity contribution in [3.8, 4) is 0 Å². The number of halogens is 1. The van der Waals surface area contributed by atoms with Crippen LogP contribution < -0.4 is 5.32 Å². The minimum absolute atomic E-state index is 0.243. The van der Waals surface area contributed by atoms with Gasteiger partial charge in [0, 0.05) is 6.04 Å². The molecule has 0 fully saturated rings. The predicted octanol–water partition coefficient (Wildman–Crippen LogP) is 3.81. The number of hydrogen-bond donors (Lipinski definition) is 1. The van der Waals surface area contributed by atoms with E-state index >= 15 is 0 Å². The molecule has 0 aliphatic carbocycles. The first-order valence-electron chi connectivity index (χ1n) is 6.16. The van der Waals surface area contributed by atoms with Crippen LogP contribution in [0.4, 0.5) is 0 Å². The Morgan fingerprint density at radius 1 is 1.41 bits per heavy atom. The summed E-state index contributed by atoms with van der Waals surface area (Å²) in [5.41, 5.74) is 1.35. The maximum atomic E-state index is 6.27. The molecule has 1 aromatic heterocycles. The van der Waals surface area contributed by atoms with Crippen LogP contribution in [0.15, 0.2) is 6.20 Å². The van der Waals surface area contributed by atoms with Crippen LogP contribution >= 0.6 is 11.6 Å². The Balaban J connectivity index is 3.07. The molecule has 98 valence electrons. The summed E-state index contributed by atoms with van der Waals surface area (Å²) >= 11 is 6.27. The molecule has 0 bridgehead atoms. The fourth-order valence-electron chi connectivity index (χ4n) is 2.04. The molecule has 1 unspecified atom stereocenters. The quantitative estimate of drug-likeness (QED) is 0.889. The highest BCUT2D eigenvalue weighted by molar-refractivity contribution is 6.31. The van der Waals surface area contributed by atoms with Gasteiger partial charge in [0.05, 0.1) is 23.0 Å². The molecule has 0 spiro atoms. The molecule has 1 N–H and O–H groups in total. The van der Waals surface area contributed by atoms with Crippen LogP contribution in [0, 0.1) is 5.41 Å². The van der Waals surface area contributed by atoms with E-state index in [1.165, 1.54) is 0 Å². The van der Waals surface area contributed by atoms with Gasteiger partial charge in [-0.3, -0.25) is 4.68 Å². The van der Waals surface area contributed by atoms with Gasteiger partial charge < -0.3 is 5.32 Å². The topological polar surface area (TPSA) is 29.9 Å². The Bertz CT molecular complexity index is 363. The number of rotatable bonds is 4. The minimum atomic E-state index is 0.243. The second-order valence-corrected chi connectivity index (χ2v) is 6.43. The molecule has 1 aromatic rings. The van der Waals surface area contributed by atoms with Gasteiger partial charge >= 0.3 is 0 Å². The first-order valence-corrected chi connectivity index (χ1v) is 6.54. The smallest absolute Gasteiger partial charge is 0.0834 e. The van der Waals surface area contributed by atoms with Crippen LogP contribution in [-0.4, -0.2) is 16.8 Å². The van der Waals surface area contributed by atoms with Gasteiger partial charge in [-0.25, -0.2) is 0 Å². The number of nitrogens with one attached hydrogen (secondary N) is 1. The van der Waals surface area contributed by atoms with Crippen LogP contribution in [0.2, 0.25) is 5.02 Å². The van der Waals surface area contributed by atoms with Crippen LogP contribution in [-0.2, 0) is 0 Å². The molecule has 1 rings (SSSR count). The zero-order valence-electron chi connectivity index (χ0n) is 11.7. The van der Waals surface area contributed by atoms with Gasteiger partial charge in [0.2, 0.25) is 0 Å². The predicted molar refractivity (Wildman–Crippen MR) is 73.5 cm³/mol. The summed E-state index contributed by atoms with van der Waals surface area (Å²) < 4.78 is 2.01. The molecule has 0 saturated heterocycles. The van der Waals surface area contributed by atoms with E-state index < -0.39 is 0 Å². The lowest BCUT2D eigenvalue weighted by molar-refractivity contribution is 0.307. The van der Waals surface area contributed by atoms with Crippen molar-refractivity contribution in [1.29, 1.82) is 0 Å². The Morgan fingerprint density at radius 3 is 2.41 bits per heavy atom. The van der Waals surface area contributed by atoms with Crippen molar-refractivity contribution < 1.29 is 0 Å². The van der Waals surface area contributed by atoms with E-state index in [4.69, 9.17) is 11.6 Å². The van der Waals surface area contributed by atoms with Crippen molar-refractivity contribution in [2.45, 2.75) is 53.1 Å². The number of nitrogens with zero attached hydrogens (tertiary/aromatic N) is 2. The molecule has 17 heavy (non-hydrogen) atoms. The van der Waals surface area contributed by atoms with Crippen molar-refractivity contribution in [3.05, 3.63) is 16.9 Å². The van der Waals surface area contributed by atoms with Gasteiger partial charge in [0.1, 0.15) is 0 Å². The summed E-state index contributed by atoms with van der Waals surface area (Å²) in [6.07, 6.45) is 2.77. The third kappa shape index (κ3) is 3.71. The molecule has 0 radical (unpaired) electrons. The molecule has 0 aliphatic heterocycles. The molecular weight excluding hydrogens is 234 g/mol. The molecule has 3 nitrogen and oxygen atoms in total. The summed E-state index contributed by atoms with van der Waals surface area (Å²) in [6, 6.07) is 0.570. The average Bonchev–Trinajstić information content (AvgIpc) is 2.55. The van der Waals surface area contributed by atoms with E-state index in [-0.39, 0.29) is 11.5 Å². The van der Waals surface area contributed by atoms with Crippen molar-refractivity contribution in [2.75, 3.05) is 7.05 Å². The lowest BCUT2D eigenvalue weighted by Gasteiger charge is -2.27. The van der Waals surface area contributed by atoms with Crippen LogP contribution in [0.3, 0.4) is 0 Å². The standard InChI is InChI=1S/C13H24ClN3/c1-9(2)17-12(10(14)8-16-17)11(15-6)7-13(3,4)5/h8-9,11,15H,7H2,1-6H3. The summed E-state index contributed by atoms with van der Waals surface area (Å²) in [5, 5.41) is 8.46. The van der Waals surface area contributed by atoms with E-state index in [1.807, 2.05) is 11.7 Å². The lowest BCUT2D eigenvalue weighted by atomic mass is 9.87. The third-order valence-corrected chi connectivity index (χ3v) is 3.06. The van der Waals surface area contributed by atoms with Gasteiger partial charge in [-0.1, -0.05) is 32.4 Å². The van der Waals surface area contributed by atoms with Gasteiger partial charge in [-0.05, 0) is 32.7 Å². The van der Waals surface area contributed by atoms with Crippen LogP contribution in [0.1, 0.15) is 58.8 Å². The van der Waals surface area contributed by atoms with E-state index in [2.05, 4.69) is 45.0 Å². The first kappa shape index (κ1) is 14.5. The van der Waals surface area contributed by atoms with Crippen LogP contribution in [0.5, 0.6) is 0 Å². The van der Waals surface area contributed by atoms with E-state index in [9.17, 15) is 0 Å². The highest BCUT2D eigenvalue weighted by atomic mass is 35.5. The second kappa shape index (κ2) is 5.40. The average molecular weight is 258 g/mol. The monoisotopic (exact) mass is 257 g/mol.